The lowest BCUT2D eigenvalue weighted by Gasteiger charge is -2.05. The summed E-state index contributed by atoms with van der Waals surface area (Å²) in [6.07, 6.45) is 1.35. The van der Waals surface area contributed by atoms with Gasteiger partial charge < -0.3 is 16.8 Å². The summed E-state index contributed by atoms with van der Waals surface area (Å²) in [6.45, 7) is -0.0441. The monoisotopic (exact) mass is 201 g/mol. The van der Waals surface area contributed by atoms with Crippen molar-refractivity contribution in [2.75, 3.05) is 17.6 Å². The Morgan fingerprint density at radius 2 is 2.38 bits per heavy atom. The van der Waals surface area contributed by atoms with E-state index in [1.54, 1.807) is 0 Å². The van der Waals surface area contributed by atoms with Crippen molar-refractivity contribution in [1.82, 2.24) is 9.97 Å². The van der Waals surface area contributed by atoms with Crippen LogP contribution in [0.1, 0.15) is 0 Å². The Bertz CT molecular complexity index is 329. The Hall–Kier alpha value is -1.56. The van der Waals surface area contributed by atoms with Crippen molar-refractivity contribution < 1.29 is 4.79 Å². The van der Waals surface area contributed by atoms with Gasteiger partial charge in [0.05, 0.1) is 18.4 Å². The minimum atomic E-state index is -0.505. The largest absolute Gasteiger partial charge is 0.394 e. The molecule has 1 aromatic rings. The number of primary amides is 1. The Labute approximate surface area is 79.3 Å². The zero-order valence-electron chi connectivity index (χ0n) is 6.62. The van der Waals surface area contributed by atoms with Gasteiger partial charge in [-0.2, -0.15) is 4.98 Å². The molecule has 0 aliphatic carbocycles. The predicted octanol–water partition coefficient (Wildman–Crippen LogP) is -0.391. The fourth-order valence-electron chi connectivity index (χ4n) is 0.682. The van der Waals surface area contributed by atoms with E-state index in [1.807, 2.05) is 0 Å². The zero-order chi connectivity index (χ0) is 9.84. The molecule has 0 saturated carbocycles. The normalized spacial score (nSPS) is 9.62. The first kappa shape index (κ1) is 9.53. The Morgan fingerprint density at radius 3 is 3.00 bits per heavy atom. The van der Waals surface area contributed by atoms with Crippen LogP contribution in [-0.4, -0.2) is 22.4 Å². The molecule has 0 aromatic carbocycles. The summed E-state index contributed by atoms with van der Waals surface area (Å²) in [5, 5.41) is 2.67. The van der Waals surface area contributed by atoms with Crippen LogP contribution < -0.4 is 16.8 Å². The van der Waals surface area contributed by atoms with Gasteiger partial charge in [-0.1, -0.05) is 0 Å². The Balaban J connectivity index is 2.75. The van der Waals surface area contributed by atoms with Crippen LogP contribution in [0.5, 0.6) is 0 Å². The molecule has 0 fully saturated rings. The molecular formula is C6H8ClN5O. The second kappa shape index (κ2) is 3.90. The number of nitrogens with zero attached hydrogens (tertiary/aromatic N) is 2. The van der Waals surface area contributed by atoms with Crippen LogP contribution in [0.15, 0.2) is 6.20 Å². The molecule has 0 unspecified atom stereocenters. The van der Waals surface area contributed by atoms with E-state index in [1.165, 1.54) is 6.20 Å². The molecular weight excluding hydrogens is 194 g/mol. The number of halogens is 1. The number of nitrogens with one attached hydrogen (secondary N) is 1. The maximum atomic E-state index is 10.4. The summed E-state index contributed by atoms with van der Waals surface area (Å²) < 4.78 is 0. The average Bonchev–Trinajstić information content (AvgIpc) is 2.06. The number of carbonyl (C=O) groups excluding carboxylic acids is 1. The number of anilines is 2. The van der Waals surface area contributed by atoms with E-state index in [4.69, 9.17) is 23.1 Å². The molecule has 6 nitrogen and oxygen atoms in total. The van der Waals surface area contributed by atoms with Crippen LogP contribution in [0.2, 0.25) is 5.28 Å². The number of nitrogens with two attached hydrogens (primary N) is 2. The van der Waals surface area contributed by atoms with Crippen molar-refractivity contribution >= 4 is 29.0 Å². The van der Waals surface area contributed by atoms with Gasteiger partial charge in [0.25, 0.3) is 0 Å². The van der Waals surface area contributed by atoms with Crippen LogP contribution >= 0.6 is 11.6 Å². The van der Waals surface area contributed by atoms with Crippen LogP contribution in [0.4, 0.5) is 11.5 Å². The first-order valence-corrected chi connectivity index (χ1v) is 3.77. The molecule has 1 rings (SSSR count). The van der Waals surface area contributed by atoms with Gasteiger partial charge in [0.15, 0.2) is 5.82 Å². The molecule has 70 valence electrons. The fraction of sp³-hybridized carbons (Fsp3) is 0.167. The lowest BCUT2D eigenvalue weighted by molar-refractivity contribution is -0.116. The third kappa shape index (κ3) is 2.75. The molecule has 0 saturated heterocycles. The minimum absolute atomic E-state index is 0.0441. The van der Waals surface area contributed by atoms with E-state index in [-0.39, 0.29) is 11.8 Å². The summed E-state index contributed by atoms with van der Waals surface area (Å²) in [7, 11) is 0. The van der Waals surface area contributed by atoms with Gasteiger partial charge in [0.1, 0.15) is 0 Å². The highest BCUT2D eigenvalue weighted by molar-refractivity contribution is 6.28. The quantitative estimate of drug-likeness (QED) is 0.578. The standard InChI is InChI=1S/C6H8ClN5O/c7-6-11-1-3(8)5(12-6)10-2-4(9)13/h1H,2,8H2,(H2,9,13)(H,10,11,12). The highest BCUT2D eigenvalue weighted by Crippen LogP contribution is 2.14. The summed E-state index contributed by atoms with van der Waals surface area (Å²) in [5.74, 6) is -0.201. The number of aromatic nitrogens is 2. The number of carbonyl (C=O) groups is 1. The van der Waals surface area contributed by atoms with Gasteiger partial charge in [0, 0.05) is 0 Å². The van der Waals surface area contributed by atoms with Gasteiger partial charge in [-0.15, -0.1) is 0 Å². The third-order valence-electron chi connectivity index (χ3n) is 1.22. The third-order valence-corrected chi connectivity index (χ3v) is 1.40. The first-order chi connectivity index (χ1) is 6.09. The van der Waals surface area contributed by atoms with E-state index >= 15 is 0 Å². The number of rotatable bonds is 3. The van der Waals surface area contributed by atoms with Crippen molar-refractivity contribution in [2.24, 2.45) is 5.73 Å². The molecule has 7 heteroatoms. The average molecular weight is 202 g/mol. The van der Waals surface area contributed by atoms with Gasteiger partial charge >= 0.3 is 0 Å². The Morgan fingerprint density at radius 1 is 1.69 bits per heavy atom. The summed E-state index contributed by atoms with van der Waals surface area (Å²) >= 11 is 5.50. The van der Waals surface area contributed by atoms with Crippen LogP contribution in [0.3, 0.4) is 0 Å². The van der Waals surface area contributed by atoms with Gasteiger partial charge in [-0.3, -0.25) is 4.79 Å². The molecule has 1 amide bonds. The van der Waals surface area contributed by atoms with E-state index in [2.05, 4.69) is 15.3 Å². The number of amides is 1. The highest BCUT2D eigenvalue weighted by atomic mass is 35.5. The number of hydrogen-bond acceptors (Lipinski definition) is 5. The molecule has 13 heavy (non-hydrogen) atoms. The van der Waals surface area contributed by atoms with Crippen LogP contribution in [-0.2, 0) is 4.79 Å². The van der Waals surface area contributed by atoms with Gasteiger partial charge in [-0.05, 0) is 11.6 Å². The van der Waals surface area contributed by atoms with E-state index in [0.29, 0.717) is 11.5 Å². The van der Waals surface area contributed by atoms with Crippen molar-refractivity contribution in [3.05, 3.63) is 11.5 Å². The second-order valence-electron chi connectivity index (χ2n) is 2.26. The summed E-state index contributed by atoms with van der Waals surface area (Å²) in [6, 6.07) is 0. The molecule has 0 radical (unpaired) electrons. The van der Waals surface area contributed by atoms with E-state index < -0.39 is 5.91 Å². The first-order valence-electron chi connectivity index (χ1n) is 3.40. The summed E-state index contributed by atoms with van der Waals surface area (Å²) in [5.41, 5.74) is 10.7. The molecule has 5 N–H and O–H groups in total. The lowest BCUT2D eigenvalue weighted by atomic mass is 10.4. The second-order valence-corrected chi connectivity index (χ2v) is 2.60. The topological polar surface area (TPSA) is 107 Å². The maximum absolute atomic E-state index is 10.4. The van der Waals surface area contributed by atoms with Crippen LogP contribution in [0, 0.1) is 0 Å². The van der Waals surface area contributed by atoms with E-state index in [9.17, 15) is 4.79 Å². The van der Waals surface area contributed by atoms with Crippen molar-refractivity contribution in [3.8, 4) is 0 Å². The van der Waals surface area contributed by atoms with Gasteiger partial charge in [0.2, 0.25) is 11.2 Å². The highest BCUT2D eigenvalue weighted by Gasteiger charge is 2.03. The zero-order valence-corrected chi connectivity index (χ0v) is 7.38. The molecule has 0 aliphatic rings. The van der Waals surface area contributed by atoms with Crippen molar-refractivity contribution in [2.45, 2.75) is 0 Å². The minimum Gasteiger partial charge on any atom is -0.394 e. The Kier molecular flexibility index (Phi) is 2.86. The molecule has 0 aliphatic heterocycles. The number of nitrogen functional groups attached to an aromatic ring is 1. The summed E-state index contributed by atoms with van der Waals surface area (Å²) in [4.78, 5) is 17.8. The van der Waals surface area contributed by atoms with Gasteiger partial charge in [-0.25, -0.2) is 4.98 Å². The molecule has 1 heterocycles. The molecule has 0 spiro atoms. The maximum Gasteiger partial charge on any atom is 0.236 e. The predicted molar refractivity (Wildman–Crippen MR) is 49.1 cm³/mol. The molecule has 0 bridgehead atoms. The van der Waals surface area contributed by atoms with E-state index in [0.717, 1.165) is 0 Å². The lowest BCUT2D eigenvalue weighted by Crippen LogP contribution is -2.22. The van der Waals surface area contributed by atoms with Crippen LogP contribution in [0.25, 0.3) is 0 Å². The fourth-order valence-corrected chi connectivity index (χ4v) is 0.815. The molecule has 0 atom stereocenters. The SMILES string of the molecule is NC(=O)CNc1nc(Cl)ncc1N. The van der Waals surface area contributed by atoms with Crippen molar-refractivity contribution in [3.63, 3.8) is 0 Å². The smallest absolute Gasteiger partial charge is 0.236 e. The number of hydrogen-bond donors (Lipinski definition) is 3. The molecule has 1 aromatic heterocycles. The van der Waals surface area contributed by atoms with Crippen molar-refractivity contribution in [1.29, 1.82) is 0 Å².